The molecule has 0 aliphatic carbocycles. The Kier molecular flexibility index (Phi) is 4.75. The fraction of sp³-hybridized carbons (Fsp3) is 0.0625. The van der Waals surface area contributed by atoms with E-state index in [1.165, 1.54) is 47.1 Å². The van der Waals surface area contributed by atoms with Crippen molar-refractivity contribution >= 4 is 40.4 Å². The zero-order valence-corrected chi connectivity index (χ0v) is 13.6. The maximum Gasteiger partial charge on any atom is 0.269 e. The molecular weight excluding hydrogens is 344 g/mol. The largest absolute Gasteiger partial charge is 0.508 e. The summed E-state index contributed by atoms with van der Waals surface area (Å²) in [4.78, 5) is 23.6. The summed E-state index contributed by atoms with van der Waals surface area (Å²) in [6.45, 7) is 0. The number of hydrogen-bond acceptors (Lipinski definition) is 7. The highest BCUT2D eigenvalue weighted by molar-refractivity contribution is 8.15. The summed E-state index contributed by atoms with van der Waals surface area (Å²) in [6.07, 6.45) is 1.45. The first-order valence-electron chi connectivity index (χ1n) is 7.15. The Morgan fingerprint density at radius 1 is 1.16 bits per heavy atom. The number of amidine groups is 1. The van der Waals surface area contributed by atoms with Crippen LogP contribution < -0.4 is 4.90 Å². The Balaban J connectivity index is 1.78. The maximum absolute atomic E-state index is 12.1. The zero-order valence-electron chi connectivity index (χ0n) is 12.8. The summed E-state index contributed by atoms with van der Waals surface area (Å²) >= 11 is 1.26. The summed E-state index contributed by atoms with van der Waals surface area (Å²) in [5.74, 6) is 0.241. The van der Waals surface area contributed by atoms with Crippen molar-refractivity contribution in [1.82, 2.24) is 0 Å². The Labute approximate surface area is 146 Å². The van der Waals surface area contributed by atoms with Crippen LogP contribution in [0.3, 0.4) is 0 Å². The van der Waals surface area contributed by atoms with Crippen molar-refractivity contribution < 1.29 is 14.8 Å². The number of non-ortho nitro benzene ring substituents is 1. The van der Waals surface area contributed by atoms with Crippen molar-refractivity contribution in [3.05, 3.63) is 64.2 Å². The van der Waals surface area contributed by atoms with E-state index in [4.69, 9.17) is 0 Å². The van der Waals surface area contributed by atoms with Crippen LogP contribution in [-0.2, 0) is 4.79 Å². The number of nitro groups is 1. The molecule has 2 aromatic carbocycles. The number of anilines is 1. The average Bonchev–Trinajstić information content (AvgIpc) is 2.97. The molecule has 0 radical (unpaired) electrons. The molecule has 8 nitrogen and oxygen atoms in total. The number of phenols is 1. The molecule has 9 heteroatoms. The van der Waals surface area contributed by atoms with E-state index in [1.54, 1.807) is 24.3 Å². The molecule has 3 rings (SSSR count). The van der Waals surface area contributed by atoms with Crippen molar-refractivity contribution in [2.24, 2.45) is 10.2 Å². The topological polar surface area (TPSA) is 108 Å². The summed E-state index contributed by atoms with van der Waals surface area (Å²) in [5.41, 5.74) is 1.25. The number of thioether (sulfide) groups is 1. The molecule has 1 N–H and O–H groups in total. The van der Waals surface area contributed by atoms with Gasteiger partial charge in [-0.15, -0.1) is 5.10 Å². The molecule has 0 bridgehead atoms. The van der Waals surface area contributed by atoms with Crippen LogP contribution >= 0.6 is 11.8 Å². The van der Waals surface area contributed by atoms with Gasteiger partial charge in [0, 0.05) is 12.1 Å². The van der Waals surface area contributed by atoms with Crippen molar-refractivity contribution in [3.63, 3.8) is 0 Å². The predicted octanol–water partition coefficient (Wildman–Crippen LogP) is 2.77. The van der Waals surface area contributed by atoms with E-state index in [0.717, 1.165) is 0 Å². The Bertz CT molecular complexity index is 863. The van der Waals surface area contributed by atoms with Gasteiger partial charge >= 0.3 is 0 Å². The SMILES string of the molecule is O=C1CSC(=NN=Cc2ccc([N+](=O)[O-])cc2)N1c1ccc(O)cc1. The number of hydrogen-bond donors (Lipinski definition) is 1. The minimum Gasteiger partial charge on any atom is -0.508 e. The molecule has 1 heterocycles. The van der Waals surface area contributed by atoms with Crippen molar-refractivity contribution in [2.45, 2.75) is 0 Å². The monoisotopic (exact) mass is 356 g/mol. The highest BCUT2D eigenvalue weighted by atomic mass is 32.2. The molecule has 1 saturated heterocycles. The van der Waals surface area contributed by atoms with Crippen LogP contribution in [0.2, 0.25) is 0 Å². The number of carbonyl (C=O) groups excluding carboxylic acids is 1. The molecule has 0 spiro atoms. The average molecular weight is 356 g/mol. The lowest BCUT2D eigenvalue weighted by Crippen LogP contribution is -2.28. The molecule has 1 amide bonds. The summed E-state index contributed by atoms with van der Waals surface area (Å²) < 4.78 is 0. The third-order valence-corrected chi connectivity index (χ3v) is 4.24. The van der Waals surface area contributed by atoms with E-state index >= 15 is 0 Å². The minimum atomic E-state index is -0.475. The Morgan fingerprint density at radius 3 is 2.48 bits per heavy atom. The number of benzene rings is 2. The molecule has 25 heavy (non-hydrogen) atoms. The van der Waals surface area contributed by atoms with E-state index in [9.17, 15) is 20.0 Å². The van der Waals surface area contributed by atoms with Crippen molar-refractivity contribution in [3.8, 4) is 5.75 Å². The van der Waals surface area contributed by atoms with Crippen LogP contribution in [0, 0.1) is 10.1 Å². The van der Waals surface area contributed by atoms with Gasteiger partial charge in [0.1, 0.15) is 5.75 Å². The number of carbonyl (C=O) groups is 1. The molecule has 0 atom stereocenters. The van der Waals surface area contributed by atoms with Crippen LogP contribution in [0.4, 0.5) is 11.4 Å². The maximum atomic E-state index is 12.1. The van der Waals surface area contributed by atoms with Gasteiger partial charge in [-0.05, 0) is 42.0 Å². The third-order valence-electron chi connectivity index (χ3n) is 3.33. The smallest absolute Gasteiger partial charge is 0.269 e. The lowest BCUT2D eigenvalue weighted by molar-refractivity contribution is -0.384. The molecule has 1 fully saturated rings. The van der Waals surface area contributed by atoms with Gasteiger partial charge in [0.25, 0.3) is 5.69 Å². The highest BCUT2D eigenvalue weighted by Crippen LogP contribution is 2.28. The van der Waals surface area contributed by atoms with Gasteiger partial charge in [-0.3, -0.25) is 19.8 Å². The first-order chi connectivity index (χ1) is 12.0. The standard InChI is InChI=1S/C16H12N4O4S/c21-14-7-5-12(6-8-14)19-15(22)10-25-16(19)18-17-9-11-1-3-13(4-2-11)20(23)24/h1-9,21H,10H2. The molecule has 1 aliphatic rings. The van der Waals surface area contributed by atoms with E-state index in [1.807, 2.05) is 0 Å². The lowest BCUT2D eigenvalue weighted by Gasteiger charge is -2.14. The second-order valence-corrected chi connectivity index (χ2v) is 5.95. The van der Waals surface area contributed by atoms with E-state index < -0.39 is 4.92 Å². The number of phenolic OH excluding ortho intramolecular Hbond substituents is 1. The number of rotatable bonds is 4. The van der Waals surface area contributed by atoms with E-state index in [-0.39, 0.29) is 23.1 Å². The van der Waals surface area contributed by atoms with Crippen LogP contribution in [-0.4, -0.2) is 33.1 Å². The van der Waals surface area contributed by atoms with Gasteiger partial charge < -0.3 is 5.11 Å². The molecule has 126 valence electrons. The number of aromatic hydroxyl groups is 1. The number of nitrogens with zero attached hydrogens (tertiary/aromatic N) is 4. The summed E-state index contributed by atoms with van der Waals surface area (Å²) in [6, 6.07) is 12.1. The van der Waals surface area contributed by atoms with Gasteiger partial charge in [0.15, 0.2) is 5.17 Å². The first kappa shape index (κ1) is 16.7. The van der Waals surface area contributed by atoms with Gasteiger partial charge in [-0.25, -0.2) is 0 Å². The molecule has 0 unspecified atom stereocenters. The van der Waals surface area contributed by atoms with Gasteiger partial charge in [0.05, 0.1) is 22.6 Å². The van der Waals surface area contributed by atoms with Crippen LogP contribution in [0.25, 0.3) is 0 Å². The molecule has 1 aliphatic heterocycles. The first-order valence-corrected chi connectivity index (χ1v) is 8.13. The van der Waals surface area contributed by atoms with Gasteiger partial charge in [0.2, 0.25) is 5.91 Å². The van der Waals surface area contributed by atoms with E-state index in [2.05, 4.69) is 10.2 Å². The predicted molar refractivity (Wildman–Crippen MR) is 96.2 cm³/mol. The third kappa shape index (κ3) is 3.83. The Hall–Kier alpha value is -3.20. The number of nitro benzene ring substituents is 1. The molecule has 0 saturated carbocycles. The number of amides is 1. The second kappa shape index (κ2) is 7.14. The molecule has 0 aromatic heterocycles. The fourth-order valence-electron chi connectivity index (χ4n) is 2.12. The lowest BCUT2D eigenvalue weighted by atomic mass is 10.2. The van der Waals surface area contributed by atoms with Gasteiger partial charge in [-0.1, -0.05) is 11.8 Å². The second-order valence-electron chi connectivity index (χ2n) is 5.01. The normalized spacial score (nSPS) is 16.1. The van der Waals surface area contributed by atoms with E-state index in [0.29, 0.717) is 16.4 Å². The Morgan fingerprint density at radius 2 is 1.84 bits per heavy atom. The van der Waals surface area contributed by atoms with Crippen molar-refractivity contribution in [1.29, 1.82) is 0 Å². The highest BCUT2D eigenvalue weighted by Gasteiger charge is 2.29. The fourth-order valence-corrected chi connectivity index (χ4v) is 2.94. The molecular formula is C16H12N4O4S. The summed E-state index contributed by atoms with van der Waals surface area (Å²) in [7, 11) is 0. The molecule has 2 aromatic rings. The van der Waals surface area contributed by atoms with Crippen LogP contribution in [0.1, 0.15) is 5.56 Å². The summed E-state index contributed by atoms with van der Waals surface area (Å²) in [5, 5.41) is 28.4. The van der Waals surface area contributed by atoms with Crippen LogP contribution in [0.15, 0.2) is 58.7 Å². The van der Waals surface area contributed by atoms with Crippen LogP contribution in [0.5, 0.6) is 5.75 Å². The van der Waals surface area contributed by atoms with Crippen molar-refractivity contribution in [2.75, 3.05) is 10.7 Å². The van der Waals surface area contributed by atoms with Gasteiger partial charge in [-0.2, -0.15) is 5.10 Å². The minimum absolute atomic E-state index is 0.00101. The zero-order chi connectivity index (χ0) is 17.8. The quantitative estimate of drug-likeness (QED) is 0.515.